The molecule has 4 nitrogen and oxygen atoms in total. The van der Waals surface area contributed by atoms with Gasteiger partial charge in [-0.05, 0) is 31.5 Å². The zero-order chi connectivity index (χ0) is 11.5. The highest BCUT2D eigenvalue weighted by molar-refractivity contribution is 5.90. The third kappa shape index (κ3) is 1.96. The van der Waals surface area contributed by atoms with Crippen molar-refractivity contribution in [2.24, 2.45) is 0 Å². The quantitative estimate of drug-likeness (QED) is 0.730. The van der Waals surface area contributed by atoms with Crippen molar-refractivity contribution in [2.45, 2.75) is 13.8 Å². The van der Waals surface area contributed by atoms with Crippen LogP contribution in [0.4, 0.5) is 10.5 Å². The maximum Gasteiger partial charge on any atom is 0.414 e. The van der Waals surface area contributed by atoms with Crippen molar-refractivity contribution in [1.29, 1.82) is 0 Å². The monoisotopic (exact) mass is 221 g/mol. The molecule has 0 N–H and O–H groups in total. The molecule has 0 saturated carbocycles. The molecule has 0 fully saturated rings. The number of hydrogen-bond donors (Lipinski definition) is 0. The molecule has 0 radical (unpaired) electrons. The fourth-order valence-electron chi connectivity index (χ4n) is 1.72. The normalized spacial score (nSPS) is 14.0. The van der Waals surface area contributed by atoms with Crippen LogP contribution in [-0.4, -0.2) is 25.9 Å². The van der Waals surface area contributed by atoms with Crippen molar-refractivity contribution in [3.05, 3.63) is 23.8 Å². The fraction of sp³-hybridized carbons (Fsp3) is 0.417. The van der Waals surface area contributed by atoms with E-state index >= 15 is 0 Å². The lowest BCUT2D eigenvalue weighted by Gasteiger charge is -2.28. The second-order valence-corrected chi connectivity index (χ2v) is 3.67. The molecule has 2 rings (SSSR count). The van der Waals surface area contributed by atoms with E-state index in [2.05, 4.69) is 0 Å². The van der Waals surface area contributed by atoms with Crippen molar-refractivity contribution >= 4 is 11.8 Å². The van der Waals surface area contributed by atoms with Crippen molar-refractivity contribution in [1.82, 2.24) is 0 Å². The van der Waals surface area contributed by atoms with Crippen molar-refractivity contribution in [3.63, 3.8) is 0 Å². The number of benzene rings is 1. The van der Waals surface area contributed by atoms with Gasteiger partial charge in [0, 0.05) is 0 Å². The van der Waals surface area contributed by atoms with Gasteiger partial charge in [0.2, 0.25) is 0 Å². The minimum atomic E-state index is -0.308. The Morgan fingerprint density at radius 3 is 3.12 bits per heavy atom. The van der Waals surface area contributed by atoms with E-state index in [0.717, 1.165) is 17.0 Å². The molecule has 0 spiro atoms. The van der Waals surface area contributed by atoms with Crippen LogP contribution in [0, 0.1) is 6.92 Å². The molecule has 16 heavy (non-hydrogen) atoms. The maximum atomic E-state index is 11.7. The first-order valence-corrected chi connectivity index (χ1v) is 5.40. The Labute approximate surface area is 94.8 Å². The lowest BCUT2D eigenvalue weighted by atomic mass is 10.2. The maximum absolute atomic E-state index is 11.7. The zero-order valence-electron chi connectivity index (χ0n) is 9.53. The number of amides is 1. The molecular formula is C12H15NO3. The van der Waals surface area contributed by atoms with E-state index < -0.39 is 0 Å². The molecule has 4 heteroatoms. The third-order valence-electron chi connectivity index (χ3n) is 2.47. The molecule has 1 aliphatic heterocycles. The Bertz CT molecular complexity index is 403. The van der Waals surface area contributed by atoms with Gasteiger partial charge in [-0.2, -0.15) is 0 Å². The summed E-state index contributed by atoms with van der Waals surface area (Å²) < 4.78 is 10.5. The van der Waals surface area contributed by atoms with Gasteiger partial charge >= 0.3 is 6.09 Å². The fourth-order valence-corrected chi connectivity index (χ4v) is 1.72. The van der Waals surface area contributed by atoms with E-state index in [4.69, 9.17) is 9.47 Å². The molecule has 1 aliphatic rings. The molecule has 0 atom stereocenters. The average Bonchev–Trinajstić information content (AvgIpc) is 2.28. The van der Waals surface area contributed by atoms with Crippen LogP contribution in [0.3, 0.4) is 0 Å². The Balaban J connectivity index is 2.31. The Morgan fingerprint density at radius 2 is 2.38 bits per heavy atom. The van der Waals surface area contributed by atoms with Gasteiger partial charge in [-0.3, -0.25) is 4.90 Å². The highest BCUT2D eigenvalue weighted by Gasteiger charge is 2.24. The van der Waals surface area contributed by atoms with Crippen LogP contribution in [0.2, 0.25) is 0 Å². The van der Waals surface area contributed by atoms with Gasteiger partial charge in [-0.15, -0.1) is 0 Å². The van der Waals surface area contributed by atoms with E-state index in [1.54, 1.807) is 11.8 Å². The summed E-state index contributed by atoms with van der Waals surface area (Å²) in [7, 11) is 0. The summed E-state index contributed by atoms with van der Waals surface area (Å²) in [5, 5.41) is 0. The summed E-state index contributed by atoms with van der Waals surface area (Å²) in [6.45, 7) is 5.22. The number of hydrogen-bond acceptors (Lipinski definition) is 3. The van der Waals surface area contributed by atoms with Gasteiger partial charge < -0.3 is 9.47 Å². The van der Waals surface area contributed by atoms with Gasteiger partial charge in [0.05, 0.1) is 18.8 Å². The van der Waals surface area contributed by atoms with Gasteiger partial charge in [-0.25, -0.2) is 4.79 Å². The second kappa shape index (κ2) is 4.43. The van der Waals surface area contributed by atoms with Crippen LogP contribution >= 0.6 is 0 Å². The van der Waals surface area contributed by atoms with Gasteiger partial charge in [0.25, 0.3) is 0 Å². The number of aryl methyl sites for hydroxylation is 1. The summed E-state index contributed by atoms with van der Waals surface area (Å²) in [6, 6.07) is 5.79. The van der Waals surface area contributed by atoms with Gasteiger partial charge in [-0.1, -0.05) is 6.07 Å². The summed E-state index contributed by atoms with van der Waals surface area (Å²) in [6.07, 6.45) is -0.308. The molecule has 0 aliphatic carbocycles. The Kier molecular flexibility index (Phi) is 2.99. The molecule has 86 valence electrons. The number of anilines is 1. The highest BCUT2D eigenvalue weighted by atomic mass is 16.6. The minimum Gasteiger partial charge on any atom is -0.490 e. The van der Waals surface area contributed by atoms with Crippen LogP contribution in [0.1, 0.15) is 12.5 Å². The topological polar surface area (TPSA) is 38.8 Å². The molecule has 1 aromatic carbocycles. The lowest BCUT2D eigenvalue weighted by Crippen LogP contribution is -2.38. The summed E-state index contributed by atoms with van der Waals surface area (Å²) in [4.78, 5) is 13.3. The van der Waals surface area contributed by atoms with Gasteiger partial charge in [0.1, 0.15) is 12.4 Å². The predicted molar refractivity (Wildman–Crippen MR) is 61.0 cm³/mol. The smallest absolute Gasteiger partial charge is 0.414 e. The largest absolute Gasteiger partial charge is 0.490 e. The first-order valence-electron chi connectivity index (χ1n) is 5.40. The summed E-state index contributed by atoms with van der Waals surface area (Å²) in [5.74, 6) is 0.741. The van der Waals surface area contributed by atoms with Crippen molar-refractivity contribution in [3.8, 4) is 5.75 Å². The Morgan fingerprint density at radius 1 is 1.56 bits per heavy atom. The van der Waals surface area contributed by atoms with E-state index in [0.29, 0.717) is 19.8 Å². The van der Waals surface area contributed by atoms with Crippen LogP contribution in [0.15, 0.2) is 18.2 Å². The average molecular weight is 221 g/mol. The molecule has 1 amide bonds. The minimum absolute atomic E-state index is 0.308. The lowest BCUT2D eigenvalue weighted by molar-refractivity contribution is 0.156. The predicted octanol–water partition coefficient (Wildman–Crippen LogP) is 2.35. The molecule has 1 heterocycles. The van der Waals surface area contributed by atoms with Crippen LogP contribution in [-0.2, 0) is 4.74 Å². The second-order valence-electron chi connectivity index (χ2n) is 3.67. The molecule has 0 unspecified atom stereocenters. The van der Waals surface area contributed by atoms with Crippen LogP contribution in [0.25, 0.3) is 0 Å². The third-order valence-corrected chi connectivity index (χ3v) is 2.47. The van der Waals surface area contributed by atoms with E-state index in [9.17, 15) is 4.79 Å². The van der Waals surface area contributed by atoms with E-state index in [1.165, 1.54) is 0 Å². The first kappa shape index (κ1) is 10.8. The number of ether oxygens (including phenoxy) is 2. The number of carbonyl (C=O) groups excluding carboxylic acids is 1. The summed E-state index contributed by atoms with van der Waals surface area (Å²) >= 11 is 0. The zero-order valence-corrected chi connectivity index (χ0v) is 9.53. The molecule has 1 aromatic rings. The molecule has 0 bridgehead atoms. The summed E-state index contributed by atoms with van der Waals surface area (Å²) in [5.41, 5.74) is 1.89. The van der Waals surface area contributed by atoms with E-state index in [1.807, 2.05) is 25.1 Å². The van der Waals surface area contributed by atoms with Crippen molar-refractivity contribution < 1.29 is 14.3 Å². The number of nitrogens with zero attached hydrogens (tertiary/aromatic N) is 1. The number of rotatable bonds is 1. The molecule has 0 aromatic heterocycles. The Hall–Kier alpha value is -1.71. The number of carbonyl (C=O) groups is 1. The molecule has 0 saturated heterocycles. The number of fused-ring (bicyclic) bond motifs is 1. The standard InChI is InChI=1S/C12H15NO3/c1-3-15-12(14)13-6-7-16-11-5-4-9(2)8-10(11)13/h4-5,8H,3,6-7H2,1-2H3. The van der Waals surface area contributed by atoms with E-state index in [-0.39, 0.29) is 6.09 Å². The van der Waals surface area contributed by atoms with Gasteiger partial charge in [0.15, 0.2) is 0 Å². The van der Waals surface area contributed by atoms with Crippen molar-refractivity contribution in [2.75, 3.05) is 24.7 Å². The highest BCUT2D eigenvalue weighted by Crippen LogP contribution is 2.32. The first-order chi connectivity index (χ1) is 7.72. The molecular weight excluding hydrogens is 206 g/mol. The SMILES string of the molecule is CCOC(=O)N1CCOc2ccc(C)cc21. The van der Waals surface area contributed by atoms with Crippen LogP contribution < -0.4 is 9.64 Å². The van der Waals surface area contributed by atoms with Crippen LogP contribution in [0.5, 0.6) is 5.75 Å².